The van der Waals surface area contributed by atoms with Gasteiger partial charge in [-0.1, -0.05) is 0 Å². The molecule has 0 aliphatic carbocycles. The summed E-state index contributed by atoms with van der Waals surface area (Å²) in [7, 11) is 1.66. The maximum atomic E-state index is 11.5. The lowest BCUT2D eigenvalue weighted by molar-refractivity contribution is -0.124. The van der Waals surface area contributed by atoms with Crippen LogP contribution < -0.4 is 0 Å². The highest BCUT2D eigenvalue weighted by molar-refractivity contribution is 14.1. The van der Waals surface area contributed by atoms with E-state index in [0.29, 0.717) is 18.7 Å². The Kier molecular flexibility index (Phi) is 5.05. The molecule has 1 aromatic heterocycles. The molecule has 0 radical (unpaired) electrons. The number of hydrogen-bond donors (Lipinski definition) is 0. The highest BCUT2D eigenvalue weighted by atomic mass is 127. The summed E-state index contributed by atoms with van der Waals surface area (Å²) in [5.74, 6) is 0.507. The molecule has 1 amide bonds. The van der Waals surface area contributed by atoms with Crippen LogP contribution in [0.5, 0.6) is 0 Å². The number of carbonyl (C=O) groups is 1. The summed E-state index contributed by atoms with van der Waals surface area (Å²) >= 11 is 2.06. The fourth-order valence-corrected chi connectivity index (χ4v) is 1.46. The van der Waals surface area contributed by atoms with Crippen molar-refractivity contribution in [2.45, 2.75) is 6.42 Å². The number of hydrogen-bond acceptors (Lipinski definition) is 3. The number of carbonyl (C=O) groups excluding carboxylic acids is 1. The standard InChI is InChI=1S/C11H11IN2O2/c1-14(8-2-7-13)11(15)6-4-9-3-5-10(12)16-9/h3-6H,2,8H2,1H3/b6-4+. The first kappa shape index (κ1) is 12.8. The molecule has 1 heterocycles. The molecule has 0 saturated heterocycles. The monoisotopic (exact) mass is 330 g/mol. The first-order valence-corrected chi connectivity index (χ1v) is 5.77. The van der Waals surface area contributed by atoms with Crippen LogP contribution in [0.3, 0.4) is 0 Å². The largest absolute Gasteiger partial charge is 0.451 e. The molecule has 5 heteroatoms. The lowest BCUT2D eigenvalue weighted by Crippen LogP contribution is -2.25. The first-order valence-electron chi connectivity index (χ1n) is 4.69. The molecule has 84 valence electrons. The first-order chi connectivity index (χ1) is 7.63. The van der Waals surface area contributed by atoms with Crippen LogP contribution in [-0.2, 0) is 4.79 Å². The van der Waals surface area contributed by atoms with Crippen molar-refractivity contribution in [2.24, 2.45) is 0 Å². The zero-order chi connectivity index (χ0) is 12.0. The van der Waals surface area contributed by atoms with Gasteiger partial charge in [-0.15, -0.1) is 0 Å². The van der Waals surface area contributed by atoms with E-state index in [-0.39, 0.29) is 5.91 Å². The zero-order valence-corrected chi connectivity index (χ0v) is 11.0. The number of nitrogens with zero attached hydrogens (tertiary/aromatic N) is 2. The summed E-state index contributed by atoms with van der Waals surface area (Å²) < 4.78 is 6.05. The van der Waals surface area contributed by atoms with Gasteiger partial charge in [-0.3, -0.25) is 4.79 Å². The molecule has 0 fully saturated rings. The number of amides is 1. The third-order valence-corrected chi connectivity index (χ3v) is 2.50. The van der Waals surface area contributed by atoms with Gasteiger partial charge >= 0.3 is 0 Å². The van der Waals surface area contributed by atoms with E-state index < -0.39 is 0 Å². The Bertz CT molecular complexity index is 431. The molecule has 1 rings (SSSR count). The Labute approximate surface area is 108 Å². The molecule has 16 heavy (non-hydrogen) atoms. The van der Waals surface area contributed by atoms with Gasteiger partial charge in [-0.25, -0.2) is 0 Å². The molecular formula is C11H11IN2O2. The van der Waals surface area contributed by atoms with Crippen LogP contribution in [0, 0.1) is 15.1 Å². The number of nitriles is 1. The Hall–Kier alpha value is -1.29. The number of likely N-dealkylation sites (N-methyl/N-ethyl adjacent to an activating group) is 1. The van der Waals surface area contributed by atoms with Crippen LogP contribution in [0.4, 0.5) is 0 Å². The van der Waals surface area contributed by atoms with Crippen LogP contribution in [-0.4, -0.2) is 24.4 Å². The highest BCUT2D eigenvalue weighted by Crippen LogP contribution is 2.11. The van der Waals surface area contributed by atoms with Crippen molar-refractivity contribution in [1.82, 2.24) is 4.90 Å². The van der Waals surface area contributed by atoms with Gasteiger partial charge < -0.3 is 9.32 Å². The molecule has 0 aliphatic heterocycles. The molecule has 1 aromatic rings. The Balaban J connectivity index is 2.51. The van der Waals surface area contributed by atoms with Crippen molar-refractivity contribution in [3.05, 3.63) is 27.7 Å². The van der Waals surface area contributed by atoms with Crippen molar-refractivity contribution < 1.29 is 9.21 Å². The number of halogens is 1. The molecule has 0 saturated carbocycles. The lowest BCUT2D eigenvalue weighted by atomic mass is 10.3. The SMILES string of the molecule is CN(CCC#N)C(=O)/C=C/c1ccc(I)o1. The minimum Gasteiger partial charge on any atom is -0.451 e. The summed E-state index contributed by atoms with van der Waals surface area (Å²) in [5, 5.41) is 8.39. The van der Waals surface area contributed by atoms with Crippen molar-refractivity contribution in [3.63, 3.8) is 0 Å². The smallest absolute Gasteiger partial charge is 0.246 e. The van der Waals surface area contributed by atoms with Crippen LogP contribution in [0.1, 0.15) is 12.2 Å². The summed E-state index contributed by atoms with van der Waals surface area (Å²) in [5.41, 5.74) is 0. The molecule has 4 nitrogen and oxygen atoms in total. The quantitative estimate of drug-likeness (QED) is 0.629. The van der Waals surface area contributed by atoms with E-state index >= 15 is 0 Å². The third kappa shape index (κ3) is 4.06. The van der Waals surface area contributed by atoms with Gasteiger partial charge in [0.25, 0.3) is 0 Å². The Morgan fingerprint density at radius 1 is 1.69 bits per heavy atom. The number of rotatable bonds is 4. The zero-order valence-electron chi connectivity index (χ0n) is 8.81. The molecular weight excluding hydrogens is 319 g/mol. The van der Waals surface area contributed by atoms with Crippen LogP contribution in [0.25, 0.3) is 6.08 Å². The van der Waals surface area contributed by atoms with Gasteiger partial charge in [0.2, 0.25) is 5.91 Å². The second-order valence-electron chi connectivity index (χ2n) is 3.14. The normalized spacial score (nSPS) is 10.3. The van der Waals surface area contributed by atoms with Gasteiger partial charge in [-0.05, 0) is 40.8 Å². The molecule has 0 aliphatic rings. The predicted molar refractivity (Wildman–Crippen MR) is 68.3 cm³/mol. The van der Waals surface area contributed by atoms with E-state index in [1.165, 1.54) is 11.0 Å². The second kappa shape index (κ2) is 6.33. The van der Waals surface area contributed by atoms with Gasteiger partial charge in [0.1, 0.15) is 5.76 Å². The average molecular weight is 330 g/mol. The maximum Gasteiger partial charge on any atom is 0.246 e. The molecule has 0 unspecified atom stereocenters. The molecule has 0 spiro atoms. The van der Waals surface area contributed by atoms with Gasteiger partial charge in [-0.2, -0.15) is 5.26 Å². The van der Waals surface area contributed by atoms with Crippen molar-refractivity contribution >= 4 is 34.6 Å². The van der Waals surface area contributed by atoms with E-state index in [1.807, 2.05) is 12.1 Å². The summed E-state index contributed by atoms with van der Waals surface area (Å²) in [6.07, 6.45) is 3.40. The van der Waals surface area contributed by atoms with E-state index in [2.05, 4.69) is 22.6 Å². The lowest BCUT2D eigenvalue weighted by Gasteiger charge is -2.11. The van der Waals surface area contributed by atoms with Crippen LogP contribution in [0.2, 0.25) is 0 Å². The van der Waals surface area contributed by atoms with Crippen molar-refractivity contribution in [2.75, 3.05) is 13.6 Å². The molecule has 0 bridgehead atoms. The van der Waals surface area contributed by atoms with Crippen molar-refractivity contribution in [3.8, 4) is 6.07 Å². The Morgan fingerprint density at radius 3 is 3.00 bits per heavy atom. The van der Waals surface area contributed by atoms with Crippen molar-refractivity contribution in [1.29, 1.82) is 5.26 Å². The van der Waals surface area contributed by atoms with Crippen LogP contribution >= 0.6 is 22.6 Å². The van der Waals surface area contributed by atoms with Gasteiger partial charge in [0, 0.05) is 19.7 Å². The second-order valence-corrected chi connectivity index (χ2v) is 4.21. The average Bonchev–Trinajstić information content (AvgIpc) is 2.68. The predicted octanol–water partition coefficient (Wildman–Crippen LogP) is 2.27. The van der Waals surface area contributed by atoms with E-state index in [4.69, 9.17) is 9.68 Å². The number of furan rings is 1. The molecule has 0 atom stereocenters. The summed E-state index contributed by atoms with van der Waals surface area (Å²) in [4.78, 5) is 13.0. The maximum absolute atomic E-state index is 11.5. The topological polar surface area (TPSA) is 57.2 Å². The fraction of sp³-hybridized carbons (Fsp3) is 0.273. The van der Waals surface area contributed by atoms with E-state index in [9.17, 15) is 4.79 Å². The van der Waals surface area contributed by atoms with E-state index in [0.717, 1.165) is 3.77 Å². The minimum atomic E-state index is -0.137. The van der Waals surface area contributed by atoms with Gasteiger partial charge in [0.15, 0.2) is 3.77 Å². The fourth-order valence-electron chi connectivity index (χ4n) is 1.03. The third-order valence-electron chi connectivity index (χ3n) is 1.92. The molecule has 0 N–H and O–H groups in total. The highest BCUT2D eigenvalue weighted by Gasteiger charge is 2.04. The Morgan fingerprint density at radius 2 is 2.44 bits per heavy atom. The van der Waals surface area contributed by atoms with E-state index in [1.54, 1.807) is 19.2 Å². The minimum absolute atomic E-state index is 0.137. The van der Waals surface area contributed by atoms with Gasteiger partial charge in [0.05, 0.1) is 12.5 Å². The summed E-state index contributed by atoms with van der Waals surface area (Å²) in [6.45, 7) is 0.440. The van der Waals surface area contributed by atoms with Crippen LogP contribution in [0.15, 0.2) is 22.6 Å². The summed E-state index contributed by atoms with van der Waals surface area (Å²) in [6, 6.07) is 5.61. The molecule has 0 aromatic carbocycles.